The third-order valence-corrected chi connectivity index (χ3v) is 4.87. The number of carbonyl (C=O) groups excluding carboxylic acids is 1. The first-order valence-corrected chi connectivity index (χ1v) is 7.54. The Labute approximate surface area is 126 Å². The van der Waals surface area contributed by atoms with Gasteiger partial charge in [0.05, 0.1) is 19.5 Å². The van der Waals surface area contributed by atoms with E-state index in [0.29, 0.717) is 17.7 Å². The van der Waals surface area contributed by atoms with Crippen LogP contribution in [-0.4, -0.2) is 16.1 Å². The number of nitriles is 1. The molecule has 2 heterocycles. The number of benzene rings is 1. The fraction of sp³-hybridized carbons (Fsp3) is 0.267. The van der Waals surface area contributed by atoms with Crippen LogP contribution in [0.4, 0.5) is 0 Å². The number of rotatable bonds is 3. The molecule has 1 aliphatic heterocycles. The molecular formula is C15H13N3O2S. The average molecular weight is 299 g/mol. The number of imidazole rings is 1. The van der Waals surface area contributed by atoms with Gasteiger partial charge in [0.25, 0.3) is 0 Å². The number of fused-ring (bicyclic) bond motifs is 1. The van der Waals surface area contributed by atoms with Gasteiger partial charge in [-0.2, -0.15) is 5.26 Å². The number of ketones is 1. The van der Waals surface area contributed by atoms with Crippen molar-refractivity contribution in [3.05, 3.63) is 41.6 Å². The predicted octanol–water partition coefficient (Wildman–Crippen LogP) is 1.18. The number of nitrogens with zero attached hydrogens (tertiary/aromatic N) is 3. The summed E-state index contributed by atoms with van der Waals surface area (Å²) in [6, 6.07) is 10.8. The lowest BCUT2D eigenvalue weighted by atomic mass is 10.1. The van der Waals surface area contributed by atoms with Gasteiger partial charge in [-0.3, -0.25) is 4.79 Å². The molecule has 1 aliphatic rings. The highest BCUT2D eigenvalue weighted by Crippen LogP contribution is 2.37. The Hall–Kier alpha value is -2.26. The van der Waals surface area contributed by atoms with E-state index in [1.807, 2.05) is 6.07 Å². The molecule has 0 radical (unpaired) electrons. The molecule has 0 amide bonds. The summed E-state index contributed by atoms with van der Waals surface area (Å²) in [5.41, 5.74) is 0.645. The zero-order chi connectivity index (χ0) is 15.0. The lowest BCUT2D eigenvalue weighted by Crippen LogP contribution is -2.32. The SMILES string of the molecule is C[n+]1c([O-])c(C(=O)c2ccccc2)n2c1SCC2CC#N. The van der Waals surface area contributed by atoms with E-state index in [-0.39, 0.29) is 23.4 Å². The minimum absolute atomic E-state index is 0.119. The lowest BCUT2D eigenvalue weighted by molar-refractivity contribution is -0.745. The molecule has 0 saturated carbocycles. The highest BCUT2D eigenvalue weighted by molar-refractivity contribution is 7.99. The second-order valence-corrected chi connectivity index (χ2v) is 5.87. The van der Waals surface area contributed by atoms with E-state index in [1.165, 1.54) is 16.3 Å². The van der Waals surface area contributed by atoms with E-state index in [9.17, 15) is 9.90 Å². The van der Waals surface area contributed by atoms with Crippen LogP contribution in [0.15, 0.2) is 35.5 Å². The Balaban J connectivity index is 2.14. The Morgan fingerprint density at radius 2 is 2.24 bits per heavy atom. The number of thioether (sulfide) groups is 1. The summed E-state index contributed by atoms with van der Waals surface area (Å²) in [5.74, 6) is 0.133. The van der Waals surface area contributed by atoms with Crippen molar-refractivity contribution < 1.29 is 14.5 Å². The van der Waals surface area contributed by atoms with Crippen LogP contribution in [0.5, 0.6) is 5.88 Å². The molecule has 21 heavy (non-hydrogen) atoms. The molecule has 106 valence electrons. The van der Waals surface area contributed by atoms with Gasteiger partial charge in [0.15, 0.2) is 0 Å². The molecular weight excluding hydrogens is 286 g/mol. The van der Waals surface area contributed by atoms with Crippen molar-refractivity contribution in [1.82, 2.24) is 4.57 Å². The third-order valence-electron chi connectivity index (χ3n) is 3.59. The standard InChI is InChI=1S/C15H13N3O2S/c1-17-14(20)12(13(19)10-5-3-2-4-6-10)18-11(7-8-16)9-21-15(17)18/h2-6,11H,7,9H2,1H3. The van der Waals surface area contributed by atoms with Crippen LogP contribution in [0.25, 0.3) is 0 Å². The first-order chi connectivity index (χ1) is 10.1. The van der Waals surface area contributed by atoms with Crippen molar-refractivity contribution in [2.24, 2.45) is 7.05 Å². The quantitative estimate of drug-likeness (QED) is 0.630. The summed E-state index contributed by atoms with van der Waals surface area (Å²) in [7, 11) is 1.66. The van der Waals surface area contributed by atoms with Crippen LogP contribution >= 0.6 is 11.8 Å². The molecule has 2 aromatic rings. The summed E-state index contributed by atoms with van der Waals surface area (Å²) in [4.78, 5) is 12.7. The van der Waals surface area contributed by atoms with Crippen molar-refractivity contribution in [2.45, 2.75) is 17.6 Å². The molecule has 3 rings (SSSR count). The maximum absolute atomic E-state index is 12.7. The zero-order valence-corrected chi connectivity index (χ0v) is 12.3. The molecule has 0 saturated heterocycles. The Morgan fingerprint density at radius 1 is 1.52 bits per heavy atom. The van der Waals surface area contributed by atoms with Gasteiger partial charge in [0.1, 0.15) is 11.9 Å². The summed E-state index contributed by atoms with van der Waals surface area (Å²) in [6.07, 6.45) is 0.295. The van der Waals surface area contributed by atoms with E-state index >= 15 is 0 Å². The van der Waals surface area contributed by atoms with Crippen LogP contribution < -0.4 is 9.67 Å². The van der Waals surface area contributed by atoms with Gasteiger partial charge in [-0.1, -0.05) is 30.3 Å². The Morgan fingerprint density at radius 3 is 2.90 bits per heavy atom. The minimum atomic E-state index is -0.297. The number of aromatic nitrogens is 2. The van der Waals surface area contributed by atoms with Gasteiger partial charge in [0.2, 0.25) is 11.5 Å². The number of hydrogen-bond donors (Lipinski definition) is 0. The van der Waals surface area contributed by atoms with E-state index in [2.05, 4.69) is 6.07 Å². The van der Waals surface area contributed by atoms with Crippen molar-refractivity contribution in [2.75, 3.05) is 5.75 Å². The maximum atomic E-state index is 12.7. The molecule has 1 aromatic heterocycles. The van der Waals surface area contributed by atoms with E-state index in [4.69, 9.17) is 5.26 Å². The van der Waals surface area contributed by atoms with Gasteiger partial charge in [-0.25, -0.2) is 9.13 Å². The molecule has 0 N–H and O–H groups in total. The summed E-state index contributed by atoms with van der Waals surface area (Å²) < 4.78 is 3.24. The van der Waals surface area contributed by atoms with Gasteiger partial charge >= 0.3 is 5.16 Å². The normalized spacial score (nSPS) is 16.5. The molecule has 0 aliphatic carbocycles. The maximum Gasteiger partial charge on any atom is 0.318 e. The van der Waals surface area contributed by atoms with Gasteiger partial charge in [-0.15, -0.1) is 0 Å². The first kappa shape index (κ1) is 13.7. The van der Waals surface area contributed by atoms with Crippen molar-refractivity contribution in [3.8, 4) is 11.9 Å². The lowest BCUT2D eigenvalue weighted by Gasteiger charge is -2.09. The average Bonchev–Trinajstić information content (AvgIpc) is 3.01. The minimum Gasteiger partial charge on any atom is -0.839 e. The van der Waals surface area contributed by atoms with E-state index < -0.39 is 0 Å². The Kier molecular flexibility index (Phi) is 3.43. The zero-order valence-electron chi connectivity index (χ0n) is 11.4. The second-order valence-electron chi connectivity index (χ2n) is 4.89. The summed E-state index contributed by atoms with van der Waals surface area (Å²) in [6.45, 7) is 0. The van der Waals surface area contributed by atoms with Gasteiger partial charge in [0, 0.05) is 11.3 Å². The van der Waals surface area contributed by atoms with Crippen LogP contribution in [-0.2, 0) is 7.05 Å². The van der Waals surface area contributed by atoms with Crippen molar-refractivity contribution >= 4 is 17.5 Å². The number of carbonyl (C=O) groups is 1. The first-order valence-electron chi connectivity index (χ1n) is 6.56. The molecule has 0 fully saturated rings. The molecule has 0 spiro atoms. The van der Waals surface area contributed by atoms with Crippen LogP contribution in [0, 0.1) is 11.3 Å². The molecule has 6 heteroatoms. The third kappa shape index (κ3) is 2.10. The van der Waals surface area contributed by atoms with E-state index in [0.717, 1.165) is 5.16 Å². The highest BCUT2D eigenvalue weighted by atomic mass is 32.2. The van der Waals surface area contributed by atoms with Gasteiger partial charge < -0.3 is 5.11 Å². The molecule has 1 aromatic carbocycles. The molecule has 5 nitrogen and oxygen atoms in total. The topological polar surface area (TPSA) is 72.7 Å². The second kappa shape index (κ2) is 5.26. The largest absolute Gasteiger partial charge is 0.839 e. The van der Waals surface area contributed by atoms with Crippen LogP contribution in [0.2, 0.25) is 0 Å². The predicted molar refractivity (Wildman–Crippen MR) is 74.9 cm³/mol. The summed E-state index contributed by atoms with van der Waals surface area (Å²) >= 11 is 1.51. The van der Waals surface area contributed by atoms with Crippen molar-refractivity contribution in [3.63, 3.8) is 0 Å². The van der Waals surface area contributed by atoms with Crippen LogP contribution in [0.1, 0.15) is 28.5 Å². The van der Waals surface area contributed by atoms with Crippen LogP contribution in [0.3, 0.4) is 0 Å². The summed E-state index contributed by atoms with van der Waals surface area (Å²) in [5, 5.41) is 22.1. The Bertz CT molecular complexity index is 747. The smallest absolute Gasteiger partial charge is 0.318 e. The fourth-order valence-electron chi connectivity index (χ4n) is 2.54. The molecule has 1 unspecified atom stereocenters. The van der Waals surface area contributed by atoms with E-state index in [1.54, 1.807) is 35.9 Å². The fourth-order valence-corrected chi connectivity index (χ4v) is 3.81. The molecule has 0 bridgehead atoms. The van der Waals surface area contributed by atoms with Gasteiger partial charge in [-0.05, 0) is 11.8 Å². The van der Waals surface area contributed by atoms with Crippen molar-refractivity contribution in [1.29, 1.82) is 5.26 Å². The number of hydrogen-bond acceptors (Lipinski definition) is 4. The molecule has 1 atom stereocenters. The highest BCUT2D eigenvalue weighted by Gasteiger charge is 2.39. The monoisotopic (exact) mass is 299 g/mol.